The molecule has 0 amide bonds. The zero-order valence-corrected chi connectivity index (χ0v) is 10.8. The van der Waals surface area contributed by atoms with Crippen molar-refractivity contribution in [3.8, 4) is 0 Å². The second-order valence-electron chi connectivity index (χ2n) is 4.21. The van der Waals surface area contributed by atoms with E-state index < -0.39 is 11.2 Å². The molecule has 1 aromatic heterocycles. The normalized spacial score (nSPS) is 10.4. The summed E-state index contributed by atoms with van der Waals surface area (Å²) in [6.07, 6.45) is 0. The lowest BCUT2D eigenvalue weighted by Crippen LogP contribution is -2.39. The molecule has 0 saturated carbocycles. The Hall–Kier alpha value is -2.57. The van der Waals surface area contributed by atoms with Gasteiger partial charge in [0.2, 0.25) is 5.82 Å². The van der Waals surface area contributed by atoms with Gasteiger partial charge in [-0.15, -0.1) is 5.10 Å². The average Bonchev–Trinajstić information content (AvgIpc) is 2.41. The minimum Gasteiger partial charge on any atom is -0.399 e. The average molecular weight is 261 g/mol. The smallest absolute Gasteiger partial charge is 0.346 e. The first-order chi connectivity index (χ1) is 8.99. The van der Waals surface area contributed by atoms with E-state index in [0.717, 1.165) is 14.8 Å². The van der Waals surface area contributed by atoms with Crippen molar-refractivity contribution in [2.45, 2.75) is 6.54 Å². The van der Waals surface area contributed by atoms with Crippen LogP contribution >= 0.6 is 0 Å². The fourth-order valence-electron chi connectivity index (χ4n) is 1.63. The predicted octanol–water partition coefficient (Wildman–Crippen LogP) is -0.327. The first kappa shape index (κ1) is 12.9. The van der Waals surface area contributed by atoms with E-state index in [-0.39, 0.29) is 5.82 Å². The van der Waals surface area contributed by atoms with Gasteiger partial charge < -0.3 is 11.1 Å². The van der Waals surface area contributed by atoms with Crippen LogP contribution in [0.5, 0.6) is 0 Å². The maximum atomic E-state index is 11.8. The highest BCUT2D eigenvalue weighted by Crippen LogP contribution is 2.06. The molecule has 0 spiro atoms. The monoisotopic (exact) mass is 261 g/mol. The van der Waals surface area contributed by atoms with Crippen LogP contribution in [0.3, 0.4) is 0 Å². The summed E-state index contributed by atoms with van der Waals surface area (Å²) in [6, 6.07) is 7.27. The van der Waals surface area contributed by atoms with Crippen molar-refractivity contribution in [2.24, 2.45) is 14.1 Å². The van der Waals surface area contributed by atoms with Crippen LogP contribution in [0.25, 0.3) is 0 Å². The van der Waals surface area contributed by atoms with E-state index in [2.05, 4.69) is 10.4 Å². The van der Waals surface area contributed by atoms with Crippen molar-refractivity contribution in [3.05, 3.63) is 50.7 Å². The largest absolute Gasteiger partial charge is 0.399 e. The van der Waals surface area contributed by atoms with E-state index in [1.54, 1.807) is 12.1 Å². The molecule has 0 unspecified atom stereocenters. The summed E-state index contributed by atoms with van der Waals surface area (Å²) in [5.41, 5.74) is 6.33. The molecule has 0 atom stereocenters. The van der Waals surface area contributed by atoms with E-state index in [4.69, 9.17) is 5.73 Å². The summed E-state index contributed by atoms with van der Waals surface area (Å²) in [4.78, 5) is 23.3. The van der Waals surface area contributed by atoms with Crippen LogP contribution in [0.4, 0.5) is 11.5 Å². The topological polar surface area (TPSA) is 94.9 Å². The highest BCUT2D eigenvalue weighted by Gasteiger charge is 2.07. The lowest BCUT2D eigenvalue weighted by Gasteiger charge is -2.08. The third-order valence-electron chi connectivity index (χ3n) is 2.76. The van der Waals surface area contributed by atoms with Crippen LogP contribution < -0.4 is 22.3 Å². The molecule has 0 aliphatic carbocycles. The van der Waals surface area contributed by atoms with E-state index >= 15 is 0 Å². The molecule has 7 nitrogen and oxygen atoms in total. The van der Waals surface area contributed by atoms with Gasteiger partial charge in [-0.05, 0) is 17.7 Å². The number of aryl methyl sites for hydroxylation is 1. The number of rotatable bonds is 3. The molecule has 0 aliphatic rings. The molecule has 7 heteroatoms. The Balaban J connectivity index is 2.23. The van der Waals surface area contributed by atoms with Crippen LogP contribution in [0.15, 0.2) is 33.9 Å². The van der Waals surface area contributed by atoms with Gasteiger partial charge in [0, 0.05) is 26.3 Å². The Morgan fingerprint density at radius 2 is 1.84 bits per heavy atom. The third kappa shape index (κ3) is 2.65. The first-order valence-corrected chi connectivity index (χ1v) is 5.71. The van der Waals surface area contributed by atoms with Crippen molar-refractivity contribution in [1.82, 2.24) is 14.3 Å². The maximum absolute atomic E-state index is 11.8. The second kappa shape index (κ2) is 4.97. The van der Waals surface area contributed by atoms with Crippen LogP contribution in [0.1, 0.15) is 5.56 Å². The van der Waals surface area contributed by atoms with Gasteiger partial charge in [0.1, 0.15) is 0 Å². The molecule has 1 heterocycles. The van der Waals surface area contributed by atoms with Gasteiger partial charge in [0.25, 0.3) is 5.56 Å². The number of nitrogen functional groups attached to an aromatic ring is 1. The summed E-state index contributed by atoms with van der Waals surface area (Å²) in [6.45, 7) is 0.431. The SMILES string of the molecule is Cn1nc(NCc2ccc(N)cc2)c(=O)n(C)c1=O. The van der Waals surface area contributed by atoms with Gasteiger partial charge >= 0.3 is 5.69 Å². The van der Waals surface area contributed by atoms with Crippen LogP contribution in [-0.4, -0.2) is 14.3 Å². The fraction of sp³-hybridized carbons (Fsp3) is 0.250. The van der Waals surface area contributed by atoms with Crippen LogP contribution in [0.2, 0.25) is 0 Å². The molecule has 100 valence electrons. The molecule has 0 radical (unpaired) electrons. The van der Waals surface area contributed by atoms with E-state index in [1.165, 1.54) is 14.1 Å². The van der Waals surface area contributed by atoms with E-state index in [9.17, 15) is 9.59 Å². The zero-order valence-electron chi connectivity index (χ0n) is 10.8. The van der Waals surface area contributed by atoms with Gasteiger partial charge in [-0.2, -0.15) is 0 Å². The third-order valence-corrected chi connectivity index (χ3v) is 2.76. The molecule has 0 fully saturated rings. The number of nitrogens with one attached hydrogen (secondary N) is 1. The van der Waals surface area contributed by atoms with Crippen molar-refractivity contribution < 1.29 is 0 Å². The number of hydrogen-bond donors (Lipinski definition) is 2. The van der Waals surface area contributed by atoms with E-state index in [1.807, 2.05) is 12.1 Å². The van der Waals surface area contributed by atoms with E-state index in [0.29, 0.717) is 12.2 Å². The van der Waals surface area contributed by atoms with Gasteiger partial charge in [-0.1, -0.05) is 12.1 Å². The molecule has 0 aliphatic heterocycles. The summed E-state index contributed by atoms with van der Waals surface area (Å²) in [5.74, 6) is 0.140. The van der Waals surface area contributed by atoms with Crippen molar-refractivity contribution >= 4 is 11.5 Å². The summed E-state index contributed by atoms with van der Waals surface area (Å²) in [5, 5.41) is 6.81. The van der Waals surface area contributed by atoms with Gasteiger partial charge in [0.05, 0.1) is 0 Å². The molecular weight excluding hydrogens is 246 g/mol. The van der Waals surface area contributed by atoms with Crippen molar-refractivity contribution in [1.29, 1.82) is 0 Å². The lowest BCUT2D eigenvalue weighted by molar-refractivity contribution is 0.604. The molecule has 2 rings (SSSR count). The van der Waals surface area contributed by atoms with Gasteiger partial charge in [0.15, 0.2) is 0 Å². The minimum atomic E-state index is -0.456. The predicted molar refractivity (Wildman–Crippen MR) is 72.9 cm³/mol. The first-order valence-electron chi connectivity index (χ1n) is 5.71. The highest BCUT2D eigenvalue weighted by molar-refractivity contribution is 5.40. The molecule has 2 aromatic rings. The Morgan fingerprint density at radius 3 is 2.47 bits per heavy atom. The number of benzene rings is 1. The molecule has 0 bridgehead atoms. The molecule has 3 N–H and O–H groups in total. The number of nitrogens with zero attached hydrogens (tertiary/aromatic N) is 3. The Bertz CT molecular complexity index is 700. The summed E-state index contributed by atoms with van der Waals surface area (Å²) >= 11 is 0. The Kier molecular flexibility index (Phi) is 3.37. The maximum Gasteiger partial charge on any atom is 0.346 e. The molecule has 19 heavy (non-hydrogen) atoms. The van der Waals surface area contributed by atoms with Gasteiger partial charge in [-0.25, -0.2) is 9.48 Å². The van der Waals surface area contributed by atoms with Crippen LogP contribution in [-0.2, 0) is 20.6 Å². The molecule has 1 aromatic carbocycles. The fourth-order valence-corrected chi connectivity index (χ4v) is 1.63. The molecule has 0 saturated heterocycles. The summed E-state index contributed by atoms with van der Waals surface area (Å²) < 4.78 is 2.13. The Labute approximate surface area is 109 Å². The number of hydrogen-bond acceptors (Lipinski definition) is 5. The summed E-state index contributed by atoms with van der Waals surface area (Å²) in [7, 11) is 2.91. The number of nitrogens with two attached hydrogens (primary N) is 1. The second-order valence-corrected chi connectivity index (χ2v) is 4.21. The number of anilines is 2. The van der Waals surface area contributed by atoms with Crippen molar-refractivity contribution in [3.63, 3.8) is 0 Å². The van der Waals surface area contributed by atoms with Crippen LogP contribution in [0, 0.1) is 0 Å². The minimum absolute atomic E-state index is 0.140. The highest BCUT2D eigenvalue weighted by atomic mass is 16.2. The zero-order chi connectivity index (χ0) is 14.0. The van der Waals surface area contributed by atoms with Crippen molar-refractivity contribution in [2.75, 3.05) is 11.1 Å². The number of aromatic nitrogens is 3. The quantitative estimate of drug-likeness (QED) is 0.738. The van der Waals surface area contributed by atoms with Gasteiger partial charge in [-0.3, -0.25) is 9.36 Å². The lowest BCUT2D eigenvalue weighted by atomic mass is 10.2. The standard InChI is InChI=1S/C12H15N5O2/c1-16-11(18)10(15-17(2)12(16)19)14-7-8-3-5-9(13)6-4-8/h3-6H,7,13H2,1-2H3,(H,14,15). The Morgan fingerprint density at radius 1 is 1.21 bits per heavy atom. The molecular formula is C12H15N5O2.